The zero-order valence-corrected chi connectivity index (χ0v) is 10.8. The molecule has 0 atom stereocenters. The first-order valence-electron chi connectivity index (χ1n) is 6.02. The maximum atomic E-state index is 10.9. The predicted octanol–water partition coefficient (Wildman–Crippen LogP) is 2.45. The Morgan fingerprint density at radius 3 is 2.61 bits per heavy atom. The number of ether oxygens (including phenoxy) is 1. The molecule has 0 aliphatic heterocycles. The van der Waals surface area contributed by atoms with Crippen LogP contribution in [-0.2, 0) is 11.4 Å². The Kier molecular flexibility index (Phi) is 5.16. The Hall–Kier alpha value is -1.55. The molecule has 1 aromatic carbocycles. The molecule has 0 radical (unpaired) electrons. The van der Waals surface area contributed by atoms with Gasteiger partial charge in [0.1, 0.15) is 5.75 Å². The molecule has 2 N–H and O–H groups in total. The molecule has 1 aromatic rings. The first kappa shape index (κ1) is 14.5. The smallest absolute Gasteiger partial charge is 0.309 e. The quantitative estimate of drug-likeness (QED) is 0.731. The fourth-order valence-corrected chi connectivity index (χ4v) is 1.58. The molecule has 0 heterocycles. The standard InChI is InChI=1S/C14H20O4/c1-14(2,13(16)17)8-5-9-18-12-7-4-3-6-11(12)10-15/h3-4,6-7,15H,5,8-10H2,1-2H3,(H,16,17). The molecule has 0 saturated heterocycles. The topological polar surface area (TPSA) is 66.8 Å². The summed E-state index contributed by atoms with van der Waals surface area (Å²) in [6.45, 7) is 3.80. The van der Waals surface area contributed by atoms with E-state index in [2.05, 4.69) is 0 Å². The number of rotatable bonds is 7. The number of para-hydroxylation sites is 1. The number of aliphatic hydroxyl groups is 1. The third-order valence-electron chi connectivity index (χ3n) is 2.93. The van der Waals surface area contributed by atoms with Crippen LogP contribution in [0.3, 0.4) is 0 Å². The number of carboxylic acids is 1. The molecule has 0 fully saturated rings. The molecule has 0 aliphatic carbocycles. The highest BCUT2D eigenvalue weighted by molar-refractivity contribution is 5.73. The predicted molar refractivity (Wildman–Crippen MR) is 68.5 cm³/mol. The van der Waals surface area contributed by atoms with Gasteiger partial charge in [-0.15, -0.1) is 0 Å². The molecule has 18 heavy (non-hydrogen) atoms. The lowest BCUT2D eigenvalue weighted by atomic mass is 9.88. The zero-order chi connectivity index (χ0) is 13.6. The minimum atomic E-state index is -0.793. The Balaban J connectivity index is 2.41. The molecule has 0 amide bonds. The molecule has 4 heteroatoms. The highest BCUT2D eigenvalue weighted by Gasteiger charge is 2.26. The third-order valence-corrected chi connectivity index (χ3v) is 2.93. The van der Waals surface area contributed by atoms with Crippen molar-refractivity contribution < 1.29 is 19.7 Å². The SMILES string of the molecule is CC(C)(CCCOc1ccccc1CO)C(=O)O. The van der Waals surface area contributed by atoms with Crippen LogP contribution in [0.2, 0.25) is 0 Å². The summed E-state index contributed by atoms with van der Waals surface area (Å²) in [5.74, 6) is -0.133. The number of hydrogen-bond donors (Lipinski definition) is 2. The summed E-state index contributed by atoms with van der Waals surface area (Å²) >= 11 is 0. The van der Waals surface area contributed by atoms with Crippen molar-refractivity contribution in [1.82, 2.24) is 0 Å². The van der Waals surface area contributed by atoms with Crippen LogP contribution < -0.4 is 4.74 Å². The summed E-state index contributed by atoms with van der Waals surface area (Å²) in [7, 11) is 0. The van der Waals surface area contributed by atoms with Crippen molar-refractivity contribution >= 4 is 5.97 Å². The summed E-state index contributed by atoms with van der Waals surface area (Å²) in [6.07, 6.45) is 1.22. The maximum absolute atomic E-state index is 10.9. The molecule has 1 rings (SSSR count). The van der Waals surface area contributed by atoms with Crippen LogP contribution in [-0.4, -0.2) is 22.8 Å². The Morgan fingerprint density at radius 2 is 2.00 bits per heavy atom. The summed E-state index contributed by atoms with van der Waals surface area (Å²) < 4.78 is 5.55. The monoisotopic (exact) mass is 252 g/mol. The zero-order valence-electron chi connectivity index (χ0n) is 10.8. The van der Waals surface area contributed by atoms with Crippen molar-refractivity contribution in [2.75, 3.05) is 6.61 Å². The lowest BCUT2D eigenvalue weighted by molar-refractivity contribution is -0.147. The molecule has 0 bridgehead atoms. The van der Waals surface area contributed by atoms with E-state index < -0.39 is 11.4 Å². The molecule has 0 saturated carbocycles. The summed E-state index contributed by atoms with van der Waals surface area (Å²) in [6, 6.07) is 7.28. The number of hydrogen-bond acceptors (Lipinski definition) is 3. The van der Waals surface area contributed by atoms with Crippen LogP contribution in [0.25, 0.3) is 0 Å². The Morgan fingerprint density at radius 1 is 1.33 bits per heavy atom. The lowest BCUT2D eigenvalue weighted by Gasteiger charge is -2.19. The molecule has 0 unspecified atom stereocenters. The number of aliphatic carboxylic acids is 1. The summed E-state index contributed by atoms with van der Waals surface area (Å²) in [5.41, 5.74) is 0.0230. The van der Waals surface area contributed by atoms with E-state index in [0.29, 0.717) is 25.2 Å². The van der Waals surface area contributed by atoms with Crippen LogP contribution >= 0.6 is 0 Å². The van der Waals surface area contributed by atoms with Gasteiger partial charge >= 0.3 is 5.97 Å². The van der Waals surface area contributed by atoms with Gasteiger partial charge in [-0.05, 0) is 32.8 Å². The molecular formula is C14H20O4. The van der Waals surface area contributed by atoms with E-state index in [1.165, 1.54) is 0 Å². The minimum Gasteiger partial charge on any atom is -0.493 e. The van der Waals surface area contributed by atoms with Crippen LogP contribution in [0.15, 0.2) is 24.3 Å². The van der Waals surface area contributed by atoms with Crippen LogP contribution in [0.4, 0.5) is 0 Å². The van der Waals surface area contributed by atoms with E-state index >= 15 is 0 Å². The first-order chi connectivity index (χ1) is 8.47. The minimum absolute atomic E-state index is 0.0587. The molecular weight excluding hydrogens is 232 g/mol. The van der Waals surface area contributed by atoms with Gasteiger partial charge in [0.15, 0.2) is 0 Å². The second kappa shape index (κ2) is 6.40. The van der Waals surface area contributed by atoms with Crippen molar-refractivity contribution in [3.8, 4) is 5.75 Å². The third kappa shape index (κ3) is 4.04. The number of benzene rings is 1. The van der Waals surface area contributed by atoms with Crippen LogP contribution in [0, 0.1) is 5.41 Å². The van der Waals surface area contributed by atoms with Gasteiger partial charge in [-0.2, -0.15) is 0 Å². The largest absolute Gasteiger partial charge is 0.493 e. The molecule has 100 valence electrons. The van der Waals surface area contributed by atoms with Crippen molar-refractivity contribution in [2.24, 2.45) is 5.41 Å². The number of carbonyl (C=O) groups is 1. The van der Waals surface area contributed by atoms with Gasteiger partial charge in [0.2, 0.25) is 0 Å². The van der Waals surface area contributed by atoms with Gasteiger partial charge in [-0.1, -0.05) is 18.2 Å². The van der Waals surface area contributed by atoms with E-state index in [1.807, 2.05) is 12.1 Å². The second-order valence-electron chi connectivity index (χ2n) is 4.91. The Labute approximate surface area is 107 Å². The highest BCUT2D eigenvalue weighted by Crippen LogP contribution is 2.23. The van der Waals surface area contributed by atoms with Crippen LogP contribution in [0.1, 0.15) is 32.3 Å². The summed E-state index contributed by atoms with van der Waals surface area (Å²) in [5, 5.41) is 18.1. The maximum Gasteiger partial charge on any atom is 0.309 e. The van der Waals surface area contributed by atoms with Gasteiger partial charge in [0.25, 0.3) is 0 Å². The molecule has 0 aliphatic rings. The van der Waals surface area contributed by atoms with Gasteiger partial charge in [-0.3, -0.25) is 4.79 Å². The lowest BCUT2D eigenvalue weighted by Crippen LogP contribution is -2.24. The summed E-state index contributed by atoms with van der Waals surface area (Å²) in [4.78, 5) is 10.9. The van der Waals surface area contributed by atoms with Crippen molar-refractivity contribution in [3.05, 3.63) is 29.8 Å². The second-order valence-corrected chi connectivity index (χ2v) is 4.91. The average molecular weight is 252 g/mol. The Bertz CT molecular complexity index is 399. The van der Waals surface area contributed by atoms with E-state index in [1.54, 1.807) is 26.0 Å². The highest BCUT2D eigenvalue weighted by atomic mass is 16.5. The average Bonchev–Trinajstić information content (AvgIpc) is 2.35. The molecule has 4 nitrogen and oxygen atoms in total. The van der Waals surface area contributed by atoms with Crippen molar-refractivity contribution in [3.63, 3.8) is 0 Å². The van der Waals surface area contributed by atoms with E-state index in [9.17, 15) is 4.79 Å². The fourth-order valence-electron chi connectivity index (χ4n) is 1.58. The van der Waals surface area contributed by atoms with Gasteiger partial charge in [0.05, 0.1) is 18.6 Å². The van der Waals surface area contributed by atoms with Crippen molar-refractivity contribution in [1.29, 1.82) is 0 Å². The number of aliphatic hydroxyl groups excluding tert-OH is 1. The van der Waals surface area contributed by atoms with E-state index in [0.717, 1.165) is 5.56 Å². The normalized spacial score (nSPS) is 11.3. The number of carboxylic acid groups (broad SMARTS) is 1. The van der Waals surface area contributed by atoms with Gasteiger partial charge < -0.3 is 14.9 Å². The fraction of sp³-hybridized carbons (Fsp3) is 0.500. The van der Waals surface area contributed by atoms with Crippen LogP contribution in [0.5, 0.6) is 5.75 Å². The van der Waals surface area contributed by atoms with E-state index in [-0.39, 0.29) is 6.61 Å². The van der Waals surface area contributed by atoms with E-state index in [4.69, 9.17) is 14.9 Å². The van der Waals surface area contributed by atoms with Gasteiger partial charge in [0, 0.05) is 5.56 Å². The first-order valence-corrected chi connectivity index (χ1v) is 6.02. The molecule has 0 spiro atoms. The molecule has 0 aromatic heterocycles. The van der Waals surface area contributed by atoms with Crippen molar-refractivity contribution in [2.45, 2.75) is 33.3 Å². The van der Waals surface area contributed by atoms with Gasteiger partial charge in [-0.25, -0.2) is 0 Å².